The number of hydrogen-bond acceptors (Lipinski definition) is 13. The summed E-state index contributed by atoms with van der Waals surface area (Å²) in [5.41, 5.74) is 1.000. The fourth-order valence-corrected chi connectivity index (χ4v) is 9.85. The Balaban J connectivity index is 1.69. The third kappa shape index (κ3) is 13.8. The molecule has 0 unspecified atom stereocenters. The Morgan fingerprint density at radius 3 is 2.27 bits per heavy atom. The van der Waals surface area contributed by atoms with E-state index in [4.69, 9.17) is 18.9 Å². The summed E-state index contributed by atoms with van der Waals surface area (Å²) in [7, 11) is 2.93. The van der Waals surface area contributed by atoms with Gasteiger partial charge in [0.2, 0.25) is 5.79 Å². The fourth-order valence-electron chi connectivity index (χ4n) is 9.85. The van der Waals surface area contributed by atoms with Crippen LogP contribution in [0.15, 0.2) is 47.6 Å². The number of ketones is 3. The minimum absolute atomic E-state index is 0.00489. The molecule has 2 bridgehead atoms. The maximum absolute atomic E-state index is 14.3. The number of nitrogens with zero attached hydrogens (tertiary/aromatic N) is 1. The largest absolute Gasteiger partial charge is 0.460 e. The molecule has 1 saturated carbocycles. The number of piperidine rings is 1. The first kappa shape index (κ1) is 53.2. The third-order valence-electron chi connectivity index (χ3n) is 14.2. The van der Waals surface area contributed by atoms with Crippen LogP contribution in [0, 0.1) is 35.5 Å². The van der Waals surface area contributed by atoms with Crippen molar-refractivity contribution >= 4 is 29.2 Å². The summed E-state index contributed by atoms with van der Waals surface area (Å²) in [6, 6.07) is -1.16. The molecule has 360 valence electrons. The van der Waals surface area contributed by atoms with Crippen molar-refractivity contribution in [2.24, 2.45) is 35.5 Å². The van der Waals surface area contributed by atoms with Crippen LogP contribution >= 0.6 is 0 Å². The molecule has 4 rings (SSSR count). The van der Waals surface area contributed by atoms with Gasteiger partial charge in [-0.15, -0.1) is 0 Å². The summed E-state index contributed by atoms with van der Waals surface area (Å²) in [6.07, 6.45) is 9.53. The van der Waals surface area contributed by atoms with Crippen molar-refractivity contribution < 1.29 is 63.3 Å². The molecule has 1 aliphatic carbocycles. The number of ether oxygens (including phenoxy) is 4. The van der Waals surface area contributed by atoms with Gasteiger partial charge in [0.05, 0.1) is 24.4 Å². The van der Waals surface area contributed by atoms with Crippen LogP contribution in [0.25, 0.3) is 0 Å². The predicted molar refractivity (Wildman–Crippen MR) is 240 cm³/mol. The zero-order valence-electron chi connectivity index (χ0n) is 39.6. The van der Waals surface area contributed by atoms with Crippen LogP contribution < -0.4 is 0 Å². The van der Waals surface area contributed by atoms with Gasteiger partial charge in [-0.25, -0.2) is 4.79 Å². The highest BCUT2D eigenvalue weighted by Gasteiger charge is 2.53. The van der Waals surface area contributed by atoms with Crippen LogP contribution in [0.2, 0.25) is 0 Å². The standard InChI is InChI=1S/C50H77NO13/c1-29-15-11-10-12-16-30(2)40(53)27-37-20-18-35(7)50(60,64-37)47(57)48(58)51-22-14-13-17-38(51)49(59)63-42(32(4)25-36-19-21-39(52)43(26-36)61-8)28-41(54)31(3)24-34(6)45(56)46(62-9)44(55)33(5)23-29/h10-12,15-16,24,29,31-33,35-40,42-43,45-46,52-53,56,60H,13-14,17-23,25-28H2,1-9H3/b12-10+,15-11-,30-16-,34-24+/t29-,31-,32-,33-,35-,36+,37+,38+,39-,40+,42+,43-,45-,46+,50-/m1/s1. The number of carbonyl (C=O) groups is 5. The third-order valence-corrected chi connectivity index (χ3v) is 14.2. The number of rotatable bonds is 5. The van der Waals surface area contributed by atoms with E-state index < -0.39 is 83.9 Å². The zero-order valence-corrected chi connectivity index (χ0v) is 39.6. The van der Waals surface area contributed by atoms with Crippen LogP contribution in [0.4, 0.5) is 0 Å². The Morgan fingerprint density at radius 1 is 0.859 bits per heavy atom. The molecule has 0 aromatic rings. The second-order valence-corrected chi connectivity index (χ2v) is 19.4. The molecule has 14 heteroatoms. The van der Waals surface area contributed by atoms with Gasteiger partial charge in [-0.2, -0.15) is 0 Å². The lowest BCUT2D eigenvalue weighted by molar-refractivity contribution is -0.265. The number of aliphatic hydroxyl groups is 4. The topological polar surface area (TPSA) is 206 Å². The maximum Gasteiger partial charge on any atom is 0.329 e. The number of amides is 1. The molecule has 0 aromatic heterocycles. The molecule has 15 atom stereocenters. The number of methoxy groups -OCH3 is 2. The highest BCUT2D eigenvalue weighted by molar-refractivity contribution is 6.39. The molecule has 0 radical (unpaired) electrons. The van der Waals surface area contributed by atoms with Gasteiger partial charge in [-0.3, -0.25) is 19.2 Å². The van der Waals surface area contributed by atoms with Crippen molar-refractivity contribution in [2.45, 2.75) is 180 Å². The van der Waals surface area contributed by atoms with Crippen molar-refractivity contribution in [1.82, 2.24) is 4.90 Å². The Morgan fingerprint density at radius 2 is 1.58 bits per heavy atom. The minimum Gasteiger partial charge on any atom is -0.460 e. The zero-order chi connectivity index (χ0) is 47.5. The number of carbonyl (C=O) groups excluding carboxylic acids is 5. The van der Waals surface area contributed by atoms with E-state index in [2.05, 4.69) is 0 Å². The normalized spacial score (nSPS) is 40.9. The van der Waals surface area contributed by atoms with E-state index in [1.807, 2.05) is 32.1 Å². The van der Waals surface area contributed by atoms with Crippen molar-refractivity contribution in [3.63, 3.8) is 0 Å². The van der Waals surface area contributed by atoms with Crippen molar-refractivity contribution in [3.05, 3.63) is 47.6 Å². The summed E-state index contributed by atoms with van der Waals surface area (Å²) >= 11 is 0. The lowest BCUT2D eigenvalue weighted by Gasteiger charge is -2.42. The van der Waals surface area contributed by atoms with E-state index in [0.29, 0.717) is 68.9 Å². The molecular weight excluding hydrogens is 823 g/mol. The number of hydrogen-bond donors (Lipinski definition) is 4. The Bertz CT molecular complexity index is 1740. The van der Waals surface area contributed by atoms with E-state index in [9.17, 15) is 44.4 Å². The van der Waals surface area contributed by atoms with Gasteiger partial charge in [0.25, 0.3) is 11.7 Å². The van der Waals surface area contributed by atoms with Gasteiger partial charge < -0.3 is 44.3 Å². The van der Waals surface area contributed by atoms with Crippen LogP contribution in [-0.2, 0) is 42.9 Å². The number of fused-ring (bicyclic) bond motifs is 3. The molecule has 0 spiro atoms. The summed E-state index contributed by atoms with van der Waals surface area (Å²) in [6.45, 7) is 12.5. The molecule has 2 saturated heterocycles. The molecule has 3 fully saturated rings. The number of Topliss-reactive ketones (excluding diaryl/α,β-unsaturated/α-hetero) is 3. The van der Waals surface area contributed by atoms with Crippen molar-refractivity contribution in [2.75, 3.05) is 20.8 Å². The molecule has 3 heterocycles. The van der Waals surface area contributed by atoms with Gasteiger partial charge in [-0.1, -0.05) is 71.1 Å². The Labute approximate surface area is 380 Å². The lowest BCUT2D eigenvalue weighted by Crippen LogP contribution is -2.61. The van der Waals surface area contributed by atoms with Gasteiger partial charge in [0.1, 0.15) is 30.1 Å². The summed E-state index contributed by atoms with van der Waals surface area (Å²) < 4.78 is 23.3. The van der Waals surface area contributed by atoms with E-state index in [0.717, 1.165) is 4.90 Å². The molecule has 0 aromatic carbocycles. The SMILES string of the molecule is CO[C@@H]1C[C@H](C[C@@H](C)[C@@H]2CC(=O)[C@H](C)/C=C(\C)[C@@H](O)[C@@H](OC)C(=O)[C@H](C)C[C@H](C)\C=C/C=C/C=C(/C)[C@@H](O)C[C@@H]3CC[C@@H](C)[C@@](O)(O3)C(=O)C(=O)N3CCCC[C@H]3C(=O)O2)CC[C@H]1O. The molecule has 4 aliphatic rings. The maximum atomic E-state index is 14.3. The number of allylic oxidation sites excluding steroid dienone is 6. The molecule has 64 heavy (non-hydrogen) atoms. The second-order valence-electron chi connectivity index (χ2n) is 19.4. The van der Waals surface area contributed by atoms with E-state index in [-0.39, 0.29) is 61.2 Å². The van der Waals surface area contributed by atoms with E-state index >= 15 is 0 Å². The molecule has 4 N–H and O–H groups in total. The van der Waals surface area contributed by atoms with Crippen molar-refractivity contribution in [3.8, 4) is 0 Å². The van der Waals surface area contributed by atoms with Crippen LogP contribution in [0.1, 0.15) is 126 Å². The number of esters is 1. The highest BCUT2D eigenvalue weighted by atomic mass is 16.6. The number of aliphatic hydroxyl groups excluding tert-OH is 3. The lowest BCUT2D eigenvalue weighted by atomic mass is 9.78. The molecule has 14 nitrogen and oxygen atoms in total. The molecular formula is C50H77NO13. The Kier molecular flexibility index (Phi) is 20.3. The van der Waals surface area contributed by atoms with Crippen molar-refractivity contribution in [1.29, 1.82) is 0 Å². The average molecular weight is 900 g/mol. The smallest absolute Gasteiger partial charge is 0.329 e. The first-order valence-electron chi connectivity index (χ1n) is 23.5. The Hall–Kier alpha value is -3.37. The predicted octanol–water partition coefficient (Wildman–Crippen LogP) is 5.53. The molecule has 1 amide bonds. The van der Waals surface area contributed by atoms with Crippen LogP contribution in [0.5, 0.6) is 0 Å². The first-order valence-corrected chi connectivity index (χ1v) is 23.5. The summed E-state index contributed by atoms with van der Waals surface area (Å²) in [5.74, 6) is -8.24. The van der Waals surface area contributed by atoms with Crippen LogP contribution in [-0.4, -0.2) is 130 Å². The van der Waals surface area contributed by atoms with Gasteiger partial charge >= 0.3 is 5.97 Å². The monoisotopic (exact) mass is 900 g/mol. The van der Waals surface area contributed by atoms with E-state index in [1.165, 1.54) is 7.11 Å². The minimum atomic E-state index is -2.48. The van der Waals surface area contributed by atoms with Gasteiger partial charge in [0, 0.05) is 51.4 Å². The summed E-state index contributed by atoms with van der Waals surface area (Å²) in [5, 5.41) is 44.8. The second kappa shape index (κ2) is 24.4. The molecule has 3 aliphatic heterocycles. The summed E-state index contributed by atoms with van der Waals surface area (Å²) in [4.78, 5) is 71.4. The van der Waals surface area contributed by atoms with Gasteiger partial charge in [0.15, 0.2) is 5.78 Å². The first-order chi connectivity index (χ1) is 30.2. The number of cyclic esters (lactones) is 1. The quantitative estimate of drug-likeness (QED) is 0.153. The highest BCUT2D eigenvalue weighted by Crippen LogP contribution is 2.37. The van der Waals surface area contributed by atoms with Crippen LogP contribution in [0.3, 0.4) is 0 Å². The fraction of sp³-hybridized carbons (Fsp3) is 0.740. The van der Waals surface area contributed by atoms with E-state index in [1.54, 1.807) is 60.0 Å². The average Bonchev–Trinajstić information content (AvgIpc) is 3.26. The van der Waals surface area contributed by atoms with Gasteiger partial charge in [-0.05, 0) is 107 Å².